The van der Waals surface area contributed by atoms with Crippen LogP contribution in [0.15, 0.2) is 11.1 Å². The first-order valence-corrected chi connectivity index (χ1v) is 13.7. The molecule has 0 aromatic rings. The summed E-state index contributed by atoms with van der Waals surface area (Å²) in [6.07, 6.45) is 8.31. The van der Waals surface area contributed by atoms with Crippen LogP contribution in [0.5, 0.6) is 0 Å². The quantitative estimate of drug-likeness (QED) is 0.426. The van der Waals surface area contributed by atoms with E-state index in [1.165, 1.54) is 5.57 Å². The third-order valence-corrected chi connectivity index (χ3v) is 13.1. The minimum Gasteiger partial charge on any atom is -0.481 e. The Morgan fingerprint density at radius 1 is 0.853 bits per heavy atom. The van der Waals surface area contributed by atoms with Crippen LogP contribution in [0.4, 0.5) is 0 Å². The van der Waals surface area contributed by atoms with Gasteiger partial charge < -0.3 is 10.2 Å². The van der Waals surface area contributed by atoms with Gasteiger partial charge >= 0.3 is 5.97 Å². The lowest BCUT2D eigenvalue weighted by Gasteiger charge is -2.70. The van der Waals surface area contributed by atoms with Crippen molar-refractivity contribution in [1.82, 2.24) is 0 Å². The molecule has 0 aromatic heterocycles. The molecule has 0 aromatic carbocycles. The molecule has 5 rings (SSSR count). The molecule has 3 saturated carbocycles. The number of allylic oxidation sites excluding steroid dienone is 1. The van der Waals surface area contributed by atoms with Crippen molar-refractivity contribution in [3.63, 3.8) is 0 Å². The molecule has 0 spiro atoms. The summed E-state index contributed by atoms with van der Waals surface area (Å²) in [5, 5.41) is 22.2. The molecule has 0 saturated heterocycles. The summed E-state index contributed by atoms with van der Waals surface area (Å²) < 4.78 is 0. The average Bonchev–Trinajstić information content (AvgIpc) is 2.76. The Kier molecular flexibility index (Phi) is 5.04. The number of carbonyl (C=O) groups excluding carboxylic acids is 1. The second-order valence-corrected chi connectivity index (χ2v) is 14.7. The Labute approximate surface area is 206 Å². The van der Waals surface area contributed by atoms with E-state index in [1.807, 2.05) is 6.92 Å². The molecule has 8 atom stereocenters. The van der Waals surface area contributed by atoms with Crippen molar-refractivity contribution < 1.29 is 19.8 Å². The molecular weight excluding hydrogens is 424 g/mol. The summed E-state index contributed by atoms with van der Waals surface area (Å²) in [7, 11) is 0. The summed E-state index contributed by atoms with van der Waals surface area (Å²) in [4.78, 5) is 25.2. The highest BCUT2D eigenvalue weighted by Crippen LogP contribution is 2.74. The molecule has 3 fully saturated rings. The maximum atomic E-state index is 12.9. The van der Waals surface area contributed by atoms with Crippen LogP contribution >= 0.6 is 0 Å². The molecule has 0 aliphatic heterocycles. The van der Waals surface area contributed by atoms with Gasteiger partial charge in [-0.3, -0.25) is 9.59 Å². The number of aliphatic carboxylic acids is 1. The molecule has 4 heteroatoms. The standard InChI is InChI=1S/C30H46O4/c1-25(2)20-9-8-18-19(28(20,5)11-10-22(25)31)16-23(32)30(7)21-17-27(4,24(33)34)13-12-26(21,3)14-15-29(18,30)6/h20-21,23,32H,8-17H2,1-7H3,(H,33,34). The summed E-state index contributed by atoms with van der Waals surface area (Å²) in [6.45, 7) is 15.7. The third kappa shape index (κ3) is 2.75. The molecule has 34 heavy (non-hydrogen) atoms. The Morgan fingerprint density at radius 3 is 2.15 bits per heavy atom. The van der Waals surface area contributed by atoms with Crippen LogP contribution in [0.25, 0.3) is 0 Å². The van der Waals surface area contributed by atoms with Crippen LogP contribution in [-0.4, -0.2) is 28.1 Å². The fraction of sp³-hybridized carbons (Fsp3) is 0.867. The molecular formula is C30H46O4. The van der Waals surface area contributed by atoms with Gasteiger partial charge in [-0.05, 0) is 92.8 Å². The zero-order chi connectivity index (χ0) is 25.1. The topological polar surface area (TPSA) is 74.6 Å². The summed E-state index contributed by atoms with van der Waals surface area (Å²) in [5.41, 5.74) is 1.60. The van der Waals surface area contributed by atoms with Crippen molar-refractivity contribution in [3.8, 4) is 0 Å². The average molecular weight is 471 g/mol. The molecule has 0 heterocycles. The highest BCUT2D eigenvalue weighted by atomic mass is 16.4. The lowest BCUT2D eigenvalue weighted by atomic mass is 9.34. The maximum Gasteiger partial charge on any atom is 0.309 e. The maximum absolute atomic E-state index is 12.9. The van der Waals surface area contributed by atoms with Gasteiger partial charge in [0, 0.05) is 17.3 Å². The van der Waals surface area contributed by atoms with Crippen LogP contribution in [0.2, 0.25) is 0 Å². The highest BCUT2D eigenvalue weighted by Gasteiger charge is 2.69. The van der Waals surface area contributed by atoms with E-state index in [0.717, 1.165) is 44.9 Å². The number of carbonyl (C=O) groups is 2. The molecule has 190 valence electrons. The Bertz CT molecular complexity index is 978. The Morgan fingerprint density at radius 2 is 1.50 bits per heavy atom. The van der Waals surface area contributed by atoms with Gasteiger partial charge in [0.05, 0.1) is 11.5 Å². The zero-order valence-corrected chi connectivity index (χ0v) is 22.5. The van der Waals surface area contributed by atoms with E-state index in [4.69, 9.17) is 0 Å². The molecule has 2 N–H and O–H groups in total. The number of ketones is 1. The highest BCUT2D eigenvalue weighted by molar-refractivity contribution is 5.85. The third-order valence-electron chi connectivity index (χ3n) is 13.1. The van der Waals surface area contributed by atoms with Crippen LogP contribution in [0.1, 0.15) is 113 Å². The molecule has 0 bridgehead atoms. The van der Waals surface area contributed by atoms with Crippen LogP contribution in [0, 0.1) is 44.3 Å². The second kappa shape index (κ2) is 6.99. The molecule has 5 aliphatic carbocycles. The predicted molar refractivity (Wildman–Crippen MR) is 133 cm³/mol. The summed E-state index contributed by atoms with van der Waals surface area (Å²) >= 11 is 0. The van der Waals surface area contributed by atoms with E-state index in [9.17, 15) is 19.8 Å². The van der Waals surface area contributed by atoms with E-state index >= 15 is 0 Å². The predicted octanol–water partition coefficient (Wildman–Crippen LogP) is 6.56. The fourth-order valence-corrected chi connectivity index (χ4v) is 10.3. The monoisotopic (exact) mass is 470 g/mol. The van der Waals surface area contributed by atoms with E-state index in [0.29, 0.717) is 31.0 Å². The number of aliphatic hydroxyl groups is 1. The van der Waals surface area contributed by atoms with E-state index in [1.54, 1.807) is 5.57 Å². The molecule has 4 nitrogen and oxygen atoms in total. The fourth-order valence-electron chi connectivity index (χ4n) is 10.3. The van der Waals surface area contributed by atoms with Gasteiger partial charge in [0.2, 0.25) is 0 Å². The van der Waals surface area contributed by atoms with E-state index in [-0.39, 0.29) is 33.0 Å². The summed E-state index contributed by atoms with van der Waals surface area (Å²) in [6, 6.07) is 0. The first-order valence-electron chi connectivity index (χ1n) is 13.7. The van der Waals surface area contributed by atoms with Crippen molar-refractivity contribution >= 4 is 11.8 Å². The van der Waals surface area contributed by atoms with Gasteiger partial charge in [0.1, 0.15) is 5.78 Å². The lowest BCUT2D eigenvalue weighted by Crippen LogP contribution is -2.65. The van der Waals surface area contributed by atoms with Gasteiger partial charge in [0.25, 0.3) is 0 Å². The van der Waals surface area contributed by atoms with Gasteiger partial charge in [-0.2, -0.15) is 0 Å². The van der Waals surface area contributed by atoms with Gasteiger partial charge in [0.15, 0.2) is 0 Å². The number of rotatable bonds is 1. The number of aliphatic hydroxyl groups excluding tert-OH is 1. The minimum atomic E-state index is -0.711. The molecule has 0 amide bonds. The normalized spacial score (nSPS) is 52.2. The number of fused-ring (bicyclic) bond motifs is 6. The summed E-state index contributed by atoms with van der Waals surface area (Å²) in [5.74, 6) is 0.235. The van der Waals surface area contributed by atoms with Crippen LogP contribution in [0.3, 0.4) is 0 Å². The zero-order valence-electron chi connectivity index (χ0n) is 22.5. The number of carboxylic acids is 1. The van der Waals surface area contributed by atoms with Crippen molar-refractivity contribution in [2.75, 3.05) is 0 Å². The van der Waals surface area contributed by atoms with Crippen LogP contribution in [-0.2, 0) is 9.59 Å². The first-order chi connectivity index (χ1) is 15.6. The van der Waals surface area contributed by atoms with Gasteiger partial charge in [-0.15, -0.1) is 0 Å². The number of hydrogen-bond donors (Lipinski definition) is 2. The molecule has 5 aliphatic rings. The van der Waals surface area contributed by atoms with Gasteiger partial charge in [-0.1, -0.05) is 52.7 Å². The number of carboxylic acid groups (broad SMARTS) is 1. The Hall–Kier alpha value is -1.16. The van der Waals surface area contributed by atoms with Crippen molar-refractivity contribution in [3.05, 3.63) is 11.1 Å². The van der Waals surface area contributed by atoms with Crippen molar-refractivity contribution in [1.29, 1.82) is 0 Å². The van der Waals surface area contributed by atoms with Crippen molar-refractivity contribution in [2.24, 2.45) is 44.3 Å². The minimum absolute atomic E-state index is 0.0286. The number of hydrogen-bond acceptors (Lipinski definition) is 3. The second-order valence-electron chi connectivity index (χ2n) is 14.7. The molecule has 0 radical (unpaired) electrons. The SMILES string of the molecule is CC1(C(=O)O)CCC2(C)CCC3(C)C4=C(CC(O)C3(C)C2C1)C1(C)CCC(=O)C(C)(C)C1CC4. The van der Waals surface area contributed by atoms with E-state index < -0.39 is 17.5 Å². The van der Waals surface area contributed by atoms with Gasteiger partial charge in [-0.25, -0.2) is 0 Å². The first kappa shape index (κ1) is 24.5. The Balaban J connectivity index is 1.63. The van der Waals surface area contributed by atoms with Crippen LogP contribution < -0.4 is 0 Å². The molecule has 8 unspecified atom stereocenters. The largest absolute Gasteiger partial charge is 0.481 e. The number of Topliss-reactive ketones (excluding diaryl/α,β-unsaturated/α-hetero) is 1. The lowest BCUT2D eigenvalue weighted by molar-refractivity contribution is -0.203. The van der Waals surface area contributed by atoms with E-state index in [2.05, 4.69) is 41.5 Å². The van der Waals surface area contributed by atoms with Crippen molar-refractivity contribution in [2.45, 2.75) is 119 Å². The smallest absolute Gasteiger partial charge is 0.309 e.